The number of hydrazone groups is 3. The van der Waals surface area contributed by atoms with E-state index in [4.69, 9.17) is 90.9 Å². The van der Waals surface area contributed by atoms with Crippen LogP contribution in [0.5, 0.6) is 23.3 Å². The number of rotatable bonds is 17. The number of phenols is 1. The second-order valence-electron chi connectivity index (χ2n) is 29.4. The van der Waals surface area contributed by atoms with Gasteiger partial charge in [-0.3, -0.25) is 15.5 Å². The van der Waals surface area contributed by atoms with Crippen molar-refractivity contribution in [3.05, 3.63) is 226 Å². The van der Waals surface area contributed by atoms with Crippen LogP contribution in [0.15, 0.2) is 215 Å². The van der Waals surface area contributed by atoms with Crippen LogP contribution < -0.4 is 54.2 Å². The summed E-state index contributed by atoms with van der Waals surface area (Å²) < 4.78 is 6.11. The molecule has 39 nitrogen and oxygen atoms in total. The lowest BCUT2D eigenvalue weighted by Gasteiger charge is -2.28. The number of nitriles is 1. The van der Waals surface area contributed by atoms with E-state index in [1.807, 2.05) is 123 Å². The lowest BCUT2D eigenvalue weighted by atomic mass is 9.99. The number of nitro groups is 1. The van der Waals surface area contributed by atoms with Crippen LogP contribution in [0.3, 0.4) is 0 Å². The molecule has 0 atom stereocenters. The van der Waals surface area contributed by atoms with Crippen LogP contribution in [0.2, 0.25) is 15.1 Å². The first kappa shape index (κ1) is 94.9. The number of nitrogens with one attached hydrogen (secondary N) is 4. The average Bonchev–Trinajstić information content (AvgIpc) is 1.65. The van der Waals surface area contributed by atoms with Gasteiger partial charge < -0.3 is 64.0 Å². The normalized spacial score (nSPS) is 12.9. The summed E-state index contributed by atoms with van der Waals surface area (Å²) in [5.74, 6) is 2.95. The van der Waals surface area contributed by atoms with Crippen LogP contribution >= 0.6 is 85.6 Å². The van der Waals surface area contributed by atoms with Gasteiger partial charge in [0.05, 0.1) is 90.2 Å². The molecule has 15 aromatic rings. The van der Waals surface area contributed by atoms with Gasteiger partial charge in [-0.2, -0.15) is 55.5 Å². The highest BCUT2D eigenvalue weighted by Gasteiger charge is 2.37. The van der Waals surface area contributed by atoms with Crippen LogP contribution in [0, 0.1) is 26.4 Å². The van der Waals surface area contributed by atoms with Crippen molar-refractivity contribution in [1.29, 1.82) is 5.26 Å². The van der Waals surface area contributed by atoms with Gasteiger partial charge in [-0.1, -0.05) is 118 Å². The second kappa shape index (κ2) is 42.2. The number of nitrogen functional groups attached to an aromatic ring is 5. The summed E-state index contributed by atoms with van der Waals surface area (Å²) in [5, 5.41) is 102. The van der Waals surface area contributed by atoms with Gasteiger partial charge in [-0.15, -0.1) is 43.1 Å². The summed E-state index contributed by atoms with van der Waals surface area (Å²) >= 11 is 29.4. The summed E-state index contributed by atoms with van der Waals surface area (Å²) in [5.41, 5.74) is 40.9. The number of thiophene rings is 1. The van der Waals surface area contributed by atoms with E-state index < -0.39 is 10.7 Å². The Kier molecular flexibility index (Phi) is 30.5. The van der Waals surface area contributed by atoms with Crippen molar-refractivity contribution in [2.45, 2.75) is 85.2 Å². The van der Waals surface area contributed by atoms with Crippen LogP contribution in [0.25, 0.3) is 65.8 Å². The number of H-pyrrole nitrogens is 2. The molecule has 0 saturated heterocycles. The number of nitrogens with zero attached hydrogens (tertiary/aromatic N) is 22. The number of aromatic amines is 2. The number of para-hydroxylation sites is 3. The number of azo groups is 2. The molecule has 46 heteroatoms. The van der Waals surface area contributed by atoms with Crippen LogP contribution in [-0.2, 0) is 12.8 Å². The van der Waals surface area contributed by atoms with Crippen molar-refractivity contribution in [3.8, 4) is 62.4 Å². The van der Waals surface area contributed by atoms with Gasteiger partial charge in [0.1, 0.15) is 22.4 Å². The van der Waals surface area contributed by atoms with Gasteiger partial charge in [0.25, 0.3) is 16.8 Å². The van der Waals surface area contributed by atoms with Crippen LogP contribution in [0.4, 0.5) is 80.6 Å². The maximum Gasteiger partial charge on any atom is 0.335 e. The number of nitrogens with two attached hydrogens (primary N) is 5. The average molecular weight is 1950 g/mol. The Morgan fingerprint density at radius 2 is 1.36 bits per heavy atom. The number of thiocarbonyl (C=S) groups is 1. The smallest absolute Gasteiger partial charge is 0.335 e. The molecule has 2 aliphatic rings. The fourth-order valence-corrected chi connectivity index (χ4v) is 15.6. The molecule has 18 N–H and O–H groups in total. The number of thiazole rings is 1. The lowest BCUT2D eigenvalue weighted by Crippen LogP contribution is -2.37. The number of halogens is 4. The molecule has 0 radical (unpaired) electrons. The number of methoxy groups -OCH3 is 1. The van der Waals surface area contributed by atoms with E-state index in [9.17, 15) is 30.3 Å². The number of aryl methyl sites for hydroxylation is 1. The van der Waals surface area contributed by atoms with Crippen molar-refractivity contribution < 1.29 is 35.1 Å². The summed E-state index contributed by atoms with van der Waals surface area (Å²) in [6.07, 6.45) is 3.70. The van der Waals surface area contributed by atoms with Gasteiger partial charge in [0.15, 0.2) is 23.0 Å². The number of hydrogen-bond donors (Lipinski definition) is 13. The Labute approximate surface area is 782 Å². The van der Waals surface area contributed by atoms with E-state index in [0.29, 0.717) is 90.1 Å². The summed E-state index contributed by atoms with van der Waals surface area (Å²) in [6, 6.07) is 49.8. The van der Waals surface area contributed by atoms with Gasteiger partial charge in [0, 0.05) is 89.8 Å². The molecule has 0 amide bonds. The molecule has 131 heavy (non-hydrogen) atoms. The topological polar surface area (TPSA) is 585 Å². The zero-order valence-electron chi connectivity index (χ0n) is 70.5. The predicted octanol–water partition coefficient (Wildman–Crippen LogP) is 20.5. The van der Waals surface area contributed by atoms with E-state index >= 15 is 0 Å². The zero-order valence-corrected chi connectivity index (χ0v) is 76.8. The summed E-state index contributed by atoms with van der Waals surface area (Å²) in [7, 11) is 1.59. The number of ether oxygens (including phenoxy) is 1. The maximum atomic E-state index is 11.0. The number of phenolic OH excluding ortho intramolecular Hbond substituents is 1. The standard InChI is InChI=1S/C17H11BrN4OS.C16H12Cl2N4O2S.C16H12N4O3.C13H17N7S.C12H13ClN5O2.C11H15N7/c18-11-7-5-10(6-8-11)14-9-24-17(20-14)22-21-15-12-3-1-2-4-13(12)19-16(15)23;1-24-10-4-2-9(3-5-10)19-16(25)22-21-14-11-6-8(17)7-12(18)13(11)20-15(14)23;21-16-12(5-3-7-14(16)20(22)23)10-17-19-15-9-8-11-4-1-2-6-13(11)18-15;1-7-6-13(2,3)20(19-7)12-17-10(16-11(15)18-12)9-8(14)4-5-21-9;1-2-8-10(11(14)17-12(15)16-8)6-3-4-7(13)9(5-6)18(19)20;1-7-6-11(2,3)18(17-7)10-15-8(4-5-12)14-9(13)16-10/h1-9,19,23H;2-7,20,23H,1H3,(H,19,25);1-10,21H,(H,18,19);4-5H,6,14H2,1-3H3,(H2,15,16,17,18);3-5H,2H2,1H3,(H,19,20)(H4,14,15,16,17);4,6H2,1-3H3,(H2,13,14,15,16)/q;;;;+1;/b;;17-10+;;;. The van der Waals surface area contributed by atoms with Crippen LogP contribution in [0.1, 0.15) is 78.4 Å². The SMILES string of the molecule is CC1=NN(c2nc(N)nc(-c3sccc3N)n2)C(C)(C)C1.CC1=NN(c2nc(N)nc(CC#N)n2)C(C)(C)C1.CCc1nc(N)nc(N)c1-c1ccc(Cl)c([N+](=O)O)c1.COc1ccc(NC(=S)N=Nc2c(O)[nH]c3c(Cl)cc(Cl)cc23)cc1.O=[N+]([O-])c1cccc(/C=N/Nc2ccc3ccccc3n2)c1O.Oc1[nH]c2ccccc2c1N=Nc1nc(-c2ccc(Br)cc2)cs1. The number of pyridine rings is 1. The molecule has 7 aromatic carbocycles. The number of nitro benzene ring substituents is 1. The van der Waals surface area contributed by atoms with Gasteiger partial charge in [-0.25, -0.2) is 30.2 Å². The number of aromatic hydroxyl groups is 3. The minimum atomic E-state index is -0.648. The van der Waals surface area contributed by atoms with E-state index in [0.717, 1.165) is 78.1 Å². The molecule has 0 fully saturated rings. The number of aromatic nitrogens is 12. The molecule has 0 aliphatic carbocycles. The Morgan fingerprint density at radius 1 is 0.702 bits per heavy atom. The van der Waals surface area contributed by atoms with Gasteiger partial charge in [0.2, 0.25) is 45.6 Å². The fraction of sp³-hybridized carbons (Fsp3) is 0.165. The second-order valence-corrected chi connectivity index (χ2v) is 33.7. The van der Waals surface area contributed by atoms with Gasteiger partial charge in [-0.05, 0) is 162 Å². The largest absolute Gasteiger partial charge is 0.502 e. The first-order valence-corrected chi connectivity index (χ1v) is 43.0. The molecule has 0 unspecified atom stereocenters. The first-order chi connectivity index (χ1) is 62.5. The third kappa shape index (κ3) is 24.0. The third-order valence-corrected chi connectivity index (χ3v) is 22.0. The Balaban J connectivity index is 0.000000143. The summed E-state index contributed by atoms with van der Waals surface area (Å²) in [6.45, 7) is 14.1. The monoisotopic (exact) mass is 1940 g/mol. The number of fused-ring (bicyclic) bond motifs is 3. The predicted molar refractivity (Wildman–Crippen MR) is 521 cm³/mol. The number of hydrogen-bond acceptors (Lipinski definition) is 35. The quantitative estimate of drug-likeness (QED) is 0.0132. The highest BCUT2D eigenvalue weighted by molar-refractivity contribution is 9.10. The molecule has 10 heterocycles. The van der Waals surface area contributed by atoms with Crippen molar-refractivity contribution in [3.63, 3.8) is 0 Å². The molecule has 0 saturated carbocycles. The zero-order chi connectivity index (χ0) is 94.1. The fourth-order valence-electron chi connectivity index (χ4n) is 13.1. The molecule has 8 aromatic heterocycles. The van der Waals surface area contributed by atoms with Crippen molar-refractivity contribution in [2.24, 2.45) is 35.8 Å². The van der Waals surface area contributed by atoms with Crippen LogP contribution in [-0.4, -0.2) is 131 Å². The summed E-state index contributed by atoms with van der Waals surface area (Å²) in [4.78, 5) is 69.3. The molecule has 0 spiro atoms. The molecule has 0 bridgehead atoms. The lowest BCUT2D eigenvalue weighted by molar-refractivity contribution is -0.729. The molecular formula is C85H80BrCl3N31O8S3+. The number of anilines is 9. The van der Waals surface area contributed by atoms with Crippen molar-refractivity contribution in [2.75, 3.05) is 56.5 Å². The van der Waals surface area contributed by atoms with Crippen molar-refractivity contribution >= 4 is 222 Å². The minimum absolute atomic E-state index is 0.00430. The van der Waals surface area contributed by atoms with E-state index in [-0.39, 0.29) is 90.6 Å². The molecule has 17 rings (SSSR count). The highest BCUT2D eigenvalue weighted by atomic mass is 79.9. The Bertz CT molecular complexity index is 6990. The first-order valence-electron chi connectivity index (χ1n) is 39.0. The number of benzene rings is 7. The maximum absolute atomic E-state index is 11.0. The highest BCUT2D eigenvalue weighted by Crippen LogP contribution is 2.43. The van der Waals surface area contributed by atoms with E-state index in [1.54, 1.807) is 65.7 Å². The third-order valence-electron chi connectivity index (χ3n) is 18.8. The Hall–Kier alpha value is -15.2. The molecular weight excluding hydrogens is 1870 g/mol. The Morgan fingerprint density at radius 3 is 2.02 bits per heavy atom. The molecule has 2 aliphatic heterocycles. The van der Waals surface area contributed by atoms with E-state index in [1.165, 1.54) is 59.2 Å². The van der Waals surface area contributed by atoms with Crippen molar-refractivity contribution in [1.82, 2.24) is 59.8 Å². The van der Waals surface area contributed by atoms with E-state index in [2.05, 4.69) is 150 Å². The minimum Gasteiger partial charge on any atom is -0.502 e. The van der Waals surface area contributed by atoms with Gasteiger partial charge >= 0.3 is 11.4 Å². The molecule has 668 valence electrons.